The summed E-state index contributed by atoms with van der Waals surface area (Å²) < 4.78 is 0. The number of nitriles is 1. The first kappa shape index (κ1) is 13.0. The molecule has 1 aromatic rings. The van der Waals surface area contributed by atoms with Crippen molar-refractivity contribution in [2.24, 2.45) is 5.92 Å². The summed E-state index contributed by atoms with van der Waals surface area (Å²) in [6, 6.07) is 10.2. The maximum Gasteiger partial charge on any atom is 0.0992 e. The number of rotatable bonds is 3. The average Bonchev–Trinajstić information content (AvgIpc) is 2.65. The minimum absolute atomic E-state index is 0.766. The van der Waals surface area contributed by atoms with Crippen molar-refractivity contribution in [2.45, 2.75) is 39.0 Å². The lowest BCUT2D eigenvalue weighted by Crippen LogP contribution is -2.24. The highest BCUT2D eigenvalue weighted by molar-refractivity contribution is 5.51. The van der Waals surface area contributed by atoms with Crippen LogP contribution in [0.1, 0.15) is 44.6 Å². The highest BCUT2D eigenvalue weighted by Gasteiger charge is 2.16. The number of anilines is 1. The summed E-state index contributed by atoms with van der Waals surface area (Å²) in [5, 5.41) is 8.96. The van der Waals surface area contributed by atoms with Gasteiger partial charge in [0.15, 0.2) is 0 Å². The molecule has 1 fully saturated rings. The van der Waals surface area contributed by atoms with Crippen LogP contribution in [0.25, 0.3) is 0 Å². The maximum absolute atomic E-state index is 8.96. The van der Waals surface area contributed by atoms with Crippen LogP contribution < -0.4 is 4.90 Å². The molecule has 1 unspecified atom stereocenters. The summed E-state index contributed by atoms with van der Waals surface area (Å²) in [5.41, 5.74) is 1.98. The van der Waals surface area contributed by atoms with E-state index in [4.69, 9.17) is 5.26 Å². The SMILES string of the molecule is CCCC1CCCN(c2cccc(C#N)c2)CC1. The van der Waals surface area contributed by atoms with Crippen molar-refractivity contribution in [1.82, 2.24) is 0 Å². The molecule has 0 aromatic heterocycles. The van der Waals surface area contributed by atoms with Crippen LogP contribution in [0.3, 0.4) is 0 Å². The lowest BCUT2D eigenvalue weighted by molar-refractivity contribution is 0.435. The van der Waals surface area contributed by atoms with E-state index in [9.17, 15) is 0 Å². The van der Waals surface area contributed by atoms with Crippen molar-refractivity contribution in [2.75, 3.05) is 18.0 Å². The zero-order valence-corrected chi connectivity index (χ0v) is 11.2. The molecule has 18 heavy (non-hydrogen) atoms. The molecule has 1 aliphatic rings. The Morgan fingerprint density at radius 3 is 3.00 bits per heavy atom. The van der Waals surface area contributed by atoms with Crippen LogP contribution in [0.2, 0.25) is 0 Å². The second kappa shape index (κ2) is 6.44. The molecule has 1 saturated heterocycles. The van der Waals surface area contributed by atoms with Gasteiger partial charge in [-0.15, -0.1) is 0 Å². The Labute approximate surface area is 110 Å². The summed E-state index contributed by atoms with van der Waals surface area (Å²) in [7, 11) is 0. The van der Waals surface area contributed by atoms with E-state index in [-0.39, 0.29) is 0 Å². The van der Waals surface area contributed by atoms with Gasteiger partial charge in [0, 0.05) is 18.8 Å². The summed E-state index contributed by atoms with van der Waals surface area (Å²) in [6.45, 7) is 4.55. The third-order valence-corrected chi connectivity index (χ3v) is 3.88. The number of nitrogens with zero attached hydrogens (tertiary/aromatic N) is 2. The van der Waals surface area contributed by atoms with Crippen LogP contribution in [-0.4, -0.2) is 13.1 Å². The lowest BCUT2D eigenvalue weighted by Gasteiger charge is -2.23. The molecular formula is C16H22N2. The third-order valence-electron chi connectivity index (χ3n) is 3.88. The molecule has 0 radical (unpaired) electrons. The average molecular weight is 242 g/mol. The first-order valence-electron chi connectivity index (χ1n) is 7.08. The Kier molecular flexibility index (Phi) is 4.64. The number of benzene rings is 1. The van der Waals surface area contributed by atoms with Gasteiger partial charge in [-0.2, -0.15) is 5.26 Å². The van der Waals surface area contributed by atoms with Gasteiger partial charge in [0.25, 0.3) is 0 Å². The van der Waals surface area contributed by atoms with Crippen LogP contribution in [0.5, 0.6) is 0 Å². The van der Waals surface area contributed by atoms with Crippen molar-refractivity contribution >= 4 is 5.69 Å². The molecule has 0 N–H and O–H groups in total. The van der Waals surface area contributed by atoms with E-state index in [1.54, 1.807) is 0 Å². The zero-order chi connectivity index (χ0) is 12.8. The molecule has 0 bridgehead atoms. The van der Waals surface area contributed by atoms with Crippen LogP contribution in [0.4, 0.5) is 5.69 Å². The van der Waals surface area contributed by atoms with Crippen molar-refractivity contribution in [3.63, 3.8) is 0 Å². The molecule has 1 atom stereocenters. The molecule has 1 heterocycles. The van der Waals surface area contributed by atoms with E-state index < -0.39 is 0 Å². The van der Waals surface area contributed by atoms with Crippen LogP contribution in [0.15, 0.2) is 24.3 Å². The van der Waals surface area contributed by atoms with E-state index >= 15 is 0 Å². The van der Waals surface area contributed by atoms with Crippen molar-refractivity contribution < 1.29 is 0 Å². The van der Waals surface area contributed by atoms with E-state index in [1.165, 1.54) is 37.8 Å². The first-order chi connectivity index (χ1) is 8.83. The lowest BCUT2D eigenvalue weighted by atomic mass is 9.96. The van der Waals surface area contributed by atoms with Crippen molar-refractivity contribution in [1.29, 1.82) is 5.26 Å². The fourth-order valence-corrected chi connectivity index (χ4v) is 2.89. The maximum atomic E-state index is 8.96. The highest BCUT2D eigenvalue weighted by atomic mass is 15.1. The summed E-state index contributed by atoms with van der Waals surface area (Å²) in [6.07, 6.45) is 6.61. The second-order valence-electron chi connectivity index (χ2n) is 5.23. The number of hydrogen-bond acceptors (Lipinski definition) is 2. The Hall–Kier alpha value is -1.49. The largest absolute Gasteiger partial charge is 0.371 e. The fourth-order valence-electron chi connectivity index (χ4n) is 2.89. The normalized spacial score (nSPS) is 20.2. The Bertz CT molecular complexity index is 419. The van der Waals surface area contributed by atoms with Crippen LogP contribution in [-0.2, 0) is 0 Å². The summed E-state index contributed by atoms with van der Waals surface area (Å²) in [4.78, 5) is 2.44. The minimum atomic E-state index is 0.766. The third kappa shape index (κ3) is 3.26. The molecule has 0 amide bonds. The summed E-state index contributed by atoms with van der Waals surface area (Å²) >= 11 is 0. The van der Waals surface area contributed by atoms with Gasteiger partial charge in [-0.05, 0) is 43.4 Å². The fraction of sp³-hybridized carbons (Fsp3) is 0.562. The second-order valence-corrected chi connectivity index (χ2v) is 5.23. The van der Waals surface area contributed by atoms with Gasteiger partial charge in [0.2, 0.25) is 0 Å². The van der Waals surface area contributed by atoms with Crippen LogP contribution >= 0.6 is 0 Å². The standard InChI is InChI=1S/C16H22N2/c1-2-5-14-7-4-10-18(11-9-14)16-8-3-6-15(12-16)13-17/h3,6,8,12,14H,2,4-5,7,9-11H2,1H3. The Morgan fingerprint density at radius 1 is 1.33 bits per heavy atom. The monoisotopic (exact) mass is 242 g/mol. The quantitative estimate of drug-likeness (QED) is 0.802. The van der Waals surface area contributed by atoms with Gasteiger partial charge in [0.05, 0.1) is 11.6 Å². The molecule has 0 aliphatic carbocycles. The molecule has 96 valence electrons. The van der Waals surface area contributed by atoms with Gasteiger partial charge in [0.1, 0.15) is 0 Å². The Balaban J connectivity index is 2.03. The molecule has 2 nitrogen and oxygen atoms in total. The molecule has 2 rings (SSSR count). The smallest absolute Gasteiger partial charge is 0.0992 e. The molecule has 2 heteroatoms. The molecule has 1 aliphatic heterocycles. The topological polar surface area (TPSA) is 27.0 Å². The summed E-state index contributed by atoms with van der Waals surface area (Å²) in [5.74, 6) is 0.902. The van der Waals surface area contributed by atoms with Crippen LogP contribution in [0, 0.1) is 17.2 Å². The predicted octanol–water partition coefficient (Wildman–Crippen LogP) is 3.96. The molecule has 0 spiro atoms. The van der Waals surface area contributed by atoms with Gasteiger partial charge < -0.3 is 4.90 Å². The Morgan fingerprint density at radius 2 is 2.22 bits per heavy atom. The van der Waals surface area contributed by atoms with Crippen molar-refractivity contribution in [3.05, 3.63) is 29.8 Å². The van der Waals surface area contributed by atoms with Gasteiger partial charge >= 0.3 is 0 Å². The van der Waals surface area contributed by atoms with Gasteiger partial charge in [-0.1, -0.05) is 25.8 Å². The first-order valence-corrected chi connectivity index (χ1v) is 7.08. The number of hydrogen-bond donors (Lipinski definition) is 0. The minimum Gasteiger partial charge on any atom is -0.371 e. The molecule has 0 saturated carbocycles. The van der Waals surface area contributed by atoms with E-state index in [1.807, 2.05) is 18.2 Å². The van der Waals surface area contributed by atoms with Gasteiger partial charge in [-0.3, -0.25) is 0 Å². The van der Waals surface area contributed by atoms with E-state index in [0.717, 1.165) is 24.6 Å². The molecule has 1 aromatic carbocycles. The zero-order valence-electron chi connectivity index (χ0n) is 11.2. The van der Waals surface area contributed by atoms with Crippen molar-refractivity contribution in [3.8, 4) is 6.07 Å². The van der Waals surface area contributed by atoms with E-state index in [2.05, 4.69) is 24.0 Å². The molecular weight excluding hydrogens is 220 g/mol. The van der Waals surface area contributed by atoms with Gasteiger partial charge in [-0.25, -0.2) is 0 Å². The highest BCUT2D eigenvalue weighted by Crippen LogP contribution is 2.25. The predicted molar refractivity (Wildman–Crippen MR) is 75.6 cm³/mol. The van der Waals surface area contributed by atoms with E-state index in [0.29, 0.717) is 0 Å².